The van der Waals surface area contributed by atoms with Gasteiger partial charge >= 0.3 is 0 Å². The van der Waals surface area contributed by atoms with Crippen LogP contribution >= 0.6 is 0 Å². The molecule has 18 heavy (non-hydrogen) atoms. The van der Waals surface area contributed by atoms with Gasteiger partial charge in [-0.3, -0.25) is 0 Å². The summed E-state index contributed by atoms with van der Waals surface area (Å²) in [5.74, 6) is 0.713. The first kappa shape index (κ1) is 14.3. The van der Waals surface area contributed by atoms with Crippen molar-refractivity contribution in [2.24, 2.45) is 5.92 Å². The highest BCUT2D eigenvalue weighted by Gasteiger charge is 2.38. The minimum absolute atomic E-state index is 0.632. The van der Waals surface area contributed by atoms with Crippen LogP contribution < -0.4 is 5.32 Å². The molecular weight excluding hydrogens is 222 g/mol. The highest BCUT2D eigenvalue weighted by atomic mass is 15.2. The average molecular weight is 253 g/mol. The number of nitrogens with one attached hydrogen (secondary N) is 1. The molecule has 2 bridgehead atoms. The number of hydrogen-bond acceptors (Lipinski definition) is 3. The largest absolute Gasteiger partial charge is 0.310 e. The Balaban J connectivity index is 1.88. The van der Waals surface area contributed by atoms with Gasteiger partial charge < -0.3 is 15.1 Å². The van der Waals surface area contributed by atoms with Crippen LogP contribution in [0.25, 0.3) is 0 Å². The molecule has 2 saturated heterocycles. The second-order valence-electron chi connectivity index (χ2n) is 7.00. The summed E-state index contributed by atoms with van der Waals surface area (Å²) in [5, 5.41) is 3.94. The smallest absolute Gasteiger partial charge is 0.0220 e. The van der Waals surface area contributed by atoms with Gasteiger partial charge in [-0.1, -0.05) is 13.8 Å². The van der Waals surface area contributed by atoms with Crippen molar-refractivity contribution in [1.82, 2.24) is 15.1 Å². The first-order valence-corrected chi connectivity index (χ1v) is 7.60. The van der Waals surface area contributed by atoms with Gasteiger partial charge in [-0.15, -0.1) is 0 Å². The molecule has 2 aliphatic rings. The normalized spacial score (nSPS) is 34.5. The van der Waals surface area contributed by atoms with E-state index in [-0.39, 0.29) is 0 Å². The van der Waals surface area contributed by atoms with E-state index in [1.54, 1.807) is 0 Å². The lowest BCUT2D eigenvalue weighted by Crippen LogP contribution is -2.53. The Morgan fingerprint density at radius 1 is 1.17 bits per heavy atom. The number of hydrogen-bond donors (Lipinski definition) is 1. The van der Waals surface area contributed by atoms with Crippen LogP contribution in [0.1, 0.15) is 39.5 Å². The maximum absolute atomic E-state index is 3.94. The van der Waals surface area contributed by atoms with Crippen LogP contribution in [-0.4, -0.2) is 61.7 Å². The summed E-state index contributed by atoms with van der Waals surface area (Å²) in [6, 6.07) is 3.06. The van der Waals surface area contributed by atoms with Gasteiger partial charge in [0.15, 0.2) is 0 Å². The molecule has 0 saturated carbocycles. The van der Waals surface area contributed by atoms with Crippen molar-refractivity contribution in [2.75, 3.05) is 27.7 Å². The summed E-state index contributed by atoms with van der Waals surface area (Å²) in [5.41, 5.74) is 0. The van der Waals surface area contributed by atoms with Crippen molar-refractivity contribution in [1.29, 1.82) is 0 Å². The predicted octanol–water partition coefficient (Wildman–Crippen LogP) is 1.79. The molecule has 2 fully saturated rings. The Bertz CT molecular complexity index is 250. The van der Waals surface area contributed by atoms with Crippen LogP contribution in [0.2, 0.25) is 0 Å². The molecule has 0 aromatic carbocycles. The fourth-order valence-corrected chi connectivity index (χ4v) is 3.70. The molecule has 0 aliphatic carbocycles. The number of rotatable bonds is 5. The lowest BCUT2D eigenvalue weighted by molar-refractivity contribution is 0.133. The molecule has 2 aliphatic heterocycles. The first-order chi connectivity index (χ1) is 8.47. The third kappa shape index (κ3) is 3.25. The second kappa shape index (κ2) is 5.89. The minimum Gasteiger partial charge on any atom is -0.310 e. The van der Waals surface area contributed by atoms with E-state index in [2.05, 4.69) is 50.1 Å². The zero-order valence-electron chi connectivity index (χ0n) is 12.8. The lowest BCUT2D eigenvalue weighted by atomic mass is 9.95. The van der Waals surface area contributed by atoms with Crippen LogP contribution in [0.3, 0.4) is 0 Å². The van der Waals surface area contributed by atoms with Crippen molar-refractivity contribution >= 4 is 0 Å². The Hall–Kier alpha value is -0.120. The van der Waals surface area contributed by atoms with Crippen molar-refractivity contribution in [3.63, 3.8) is 0 Å². The van der Waals surface area contributed by atoms with Gasteiger partial charge in [-0.25, -0.2) is 0 Å². The highest BCUT2D eigenvalue weighted by molar-refractivity contribution is 4.97. The van der Waals surface area contributed by atoms with Crippen LogP contribution in [-0.2, 0) is 0 Å². The second-order valence-corrected chi connectivity index (χ2v) is 7.00. The van der Waals surface area contributed by atoms with E-state index in [0.717, 1.165) is 24.7 Å². The molecule has 0 aromatic heterocycles. The molecule has 106 valence electrons. The molecule has 3 nitrogen and oxygen atoms in total. The van der Waals surface area contributed by atoms with E-state index >= 15 is 0 Å². The first-order valence-electron chi connectivity index (χ1n) is 7.60. The molecule has 1 N–H and O–H groups in total. The van der Waals surface area contributed by atoms with E-state index in [0.29, 0.717) is 12.0 Å². The summed E-state index contributed by atoms with van der Waals surface area (Å²) in [6.07, 6.45) is 5.53. The van der Waals surface area contributed by atoms with Crippen molar-refractivity contribution < 1.29 is 0 Å². The van der Waals surface area contributed by atoms with Crippen molar-refractivity contribution in [3.05, 3.63) is 0 Å². The zero-order chi connectivity index (χ0) is 13.3. The Kier molecular flexibility index (Phi) is 4.68. The molecule has 0 spiro atoms. The number of fused-ring (bicyclic) bond motifs is 2. The van der Waals surface area contributed by atoms with Gasteiger partial charge in [0.1, 0.15) is 0 Å². The monoisotopic (exact) mass is 253 g/mol. The number of piperidine rings is 1. The quantitative estimate of drug-likeness (QED) is 0.806. The van der Waals surface area contributed by atoms with Crippen molar-refractivity contribution in [2.45, 2.75) is 63.7 Å². The molecular formula is C15H31N3. The molecule has 0 amide bonds. The predicted molar refractivity (Wildman–Crippen MR) is 77.9 cm³/mol. The molecule has 2 heterocycles. The summed E-state index contributed by atoms with van der Waals surface area (Å²) in [4.78, 5) is 4.93. The summed E-state index contributed by atoms with van der Waals surface area (Å²) in [6.45, 7) is 5.83. The van der Waals surface area contributed by atoms with Crippen LogP contribution in [0.15, 0.2) is 0 Å². The zero-order valence-corrected chi connectivity index (χ0v) is 12.8. The minimum atomic E-state index is 0.632. The number of nitrogens with zero attached hydrogens (tertiary/aromatic N) is 2. The molecule has 3 heteroatoms. The van der Waals surface area contributed by atoms with Crippen LogP contribution in [0.5, 0.6) is 0 Å². The molecule has 3 unspecified atom stereocenters. The van der Waals surface area contributed by atoms with Crippen LogP contribution in [0, 0.1) is 5.92 Å². The topological polar surface area (TPSA) is 18.5 Å². The molecule has 0 radical (unpaired) electrons. The van der Waals surface area contributed by atoms with Crippen molar-refractivity contribution in [3.8, 4) is 0 Å². The van der Waals surface area contributed by atoms with Gasteiger partial charge in [-0.05, 0) is 52.7 Å². The fourth-order valence-electron chi connectivity index (χ4n) is 3.70. The Labute approximate surface area is 113 Å². The third-order valence-electron chi connectivity index (χ3n) is 4.91. The number of likely N-dealkylation sites (N-methyl/N-ethyl adjacent to an activating group) is 1. The van der Waals surface area contributed by atoms with E-state index in [1.807, 2.05) is 0 Å². The van der Waals surface area contributed by atoms with Gasteiger partial charge in [0.2, 0.25) is 0 Å². The maximum Gasteiger partial charge on any atom is 0.0220 e. The van der Waals surface area contributed by atoms with E-state index in [1.165, 1.54) is 25.7 Å². The summed E-state index contributed by atoms with van der Waals surface area (Å²) in [7, 11) is 6.67. The maximum atomic E-state index is 3.94. The van der Waals surface area contributed by atoms with Gasteiger partial charge in [0.05, 0.1) is 0 Å². The van der Waals surface area contributed by atoms with E-state index < -0.39 is 0 Å². The fraction of sp³-hybridized carbons (Fsp3) is 1.00. The standard InChI is InChI=1S/C15H31N3/c1-11(2)15(10-17(3)4)16-12-8-13-6-7-14(9-12)18(13)5/h11-16H,6-10H2,1-5H3. The lowest BCUT2D eigenvalue weighted by Gasteiger charge is -2.39. The summed E-state index contributed by atoms with van der Waals surface area (Å²) < 4.78 is 0. The summed E-state index contributed by atoms with van der Waals surface area (Å²) >= 11 is 0. The van der Waals surface area contributed by atoms with E-state index in [9.17, 15) is 0 Å². The van der Waals surface area contributed by atoms with Crippen LogP contribution in [0.4, 0.5) is 0 Å². The molecule has 0 aromatic rings. The van der Waals surface area contributed by atoms with Gasteiger partial charge in [0, 0.05) is 30.7 Å². The Morgan fingerprint density at radius 2 is 1.72 bits per heavy atom. The Morgan fingerprint density at radius 3 is 2.17 bits per heavy atom. The van der Waals surface area contributed by atoms with Gasteiger partial charge in [-0.2, -0.15) is 0 Å². The third-order valence-corrected chi connectivity index (χ3v) is 4.91. The molecule has 3 atom stereocenters. The average Bonchev–Trinajstić information content (AvgIpc) is 2.51. The highest BCUT2D eigenvalue weighted by Crippen LogP contribution is 2.34. The SMILES string of the molecule is CC(C)C(CN(C)C)NC1CC2CCC(C1)N2C. The molecule has 2 rings (SSSR count). The van der Waals surface area contributed by atoms with Gasteiger partial charge in [0.25, 0.3) is 0 Å². The van der Waals surface area contributed by atoms with E-state index in [4.69, 9.17) is 0 Å².